The van der Waals surface area contributed by atoms with E-state index in [2.05, 4.69) is 14.7 Å². The van der Waals surface area contributed by atoms with E-state index in [9.17, 15) is 35.9 Å². The Morgan fingerprint density at radius 1 is 1.15 bits per heavy atom. The van der Waals surface area contributed by atoms with Crippen molar-refractivity contribution in [1.29, 1.82) is 0 Å². The zero-order valence-electron chi connectivity index (χ0n) is 21.0. The summed E-state index contributed by atoms with van der Waals surface area (Å²) in [4.78, 5) is 22.6. The summed E-state index contributed by atoms with van der Waals surface area (Å²) in [5.74, 6) is -4.66. The number of hydrogen-bond acceptors (Lipinski definition) is 7. The number of nitrogens with zero attached hydrogens (tertiary/aromatic N) is 3. The van der Waals surface area contributed by atoms with Gasteiger partial charge in [-0.15, -0.1) is 0 Å². The number of piperidine rings is 1. The molecule has 1 aromatic heterocycles. The molecule has 0 aliphatic carbocycles. The van der Waals surface area contributed by atoms with E-state index in [0.29, 0.717) is 5.52 Å². The molecule has 2 heterocycles. The van der Waals surface area contributed by atoms with Gasteiger partial charge in [0, 0.05) is 31.9 Å². The van der Waals surface area contributed by atoms with E-state index >= 15 is 0 Å². The molecule has 210 valence electrons. The molecule has 39 heavy (non-hydrogen) atoms. The van der Waals surface area contributed by atoms with Crippen molar-refractivity contribution < 1.29 is 40.6 Å². The van der Waals surface area contributed by atoms with Crippen LogP contribution in [0, 0.1) is 0 Å². The first-order valence-electron chi connectivity index (χ1n) is 12.2. The van der Waals surface area contributed by atoms with Gasteiger partial charge in [-0.2, -0.15) is 8.78 Å². The lowest BCUT2D eigenvalue weighted by Crippen LogP contribution is -2.47. The SMILES string of the molecule is CC(F)(F)CCC1(O)CCN(C(=O)c2ccc(CS(=O)(=O)c3cccc4nccnc34)cc2OC(F)F)CC1. The molecular formula is C26H27F4N3O5S. The van der Waals surface area contributed by atoms with Crippen LogP contribution in [0.3, 0.4) is 0 Å². The fourth-order valence-electron chi connectivity index (χ4n) is 4.54. The Hall–Kier alpha value is -3.32. The van der Waals surface area contributed by atoms with Crippen molar-refractivity contribution in [2.24, 2.45) is 0 Å². The van der Waals surface area contributed by atoms with Gasteiger partial charge in [0.2, 0.25) is 5.92 Å². The maximum atomic E-state index is 13.2. The average molecular weight is 570 g/mol. The van der Waals surface area contributed by atoms with Gasteiger partial charge in [0.25, 0.3) is 5.91 Å². The summed E-state index contributed by atoms with van der Waals surface area (Å²) in [5, 5.41) is 10.6. The number of amides is 1. The minimum atomic E-state index is -3.99. The number of hydrogen-bond donors (Lipinski definition) is 1. The highest BCUT2D eigenvalue weighted by molar-refractivity contribution is 7.90. The molecule has 2 aromatic carbocycles. The number of sulfone groups is 1. The van der Waals surface area contributed by atoms with Crippen LogP contribution < -0.4 is 4.74 Å². The lowest BCUT2D eigenvalue weighted by atomic mass is 9.86. The average Bonchev–Trinajstić information content (AvgIpc) is 2.86. The third-order valence-corrected chi connectivity index (χ3v) is 8.37. The monoisotopic (exact) mass is 569 g/mol. The van der Waals surface area contributed by atoms with E-state index in [1.54, 1.807) is 6.07 Å². The maximum Gasteiger partial charge on any atom is 0.387 e. The van der Waals surface area contributed by atoms with Crippen molar-refractivity contribution >= 4 is 26.8 Å². The first kappa shape index (κ1) is 28.7. The van der Waals surface area contributed by atoms with E-state index < -0.39 is 51.8 Å². The normalized spacial score (nSPS) is 16.0. The summed E-state index contributed by atoms with van der Waals surface area (Å²) in [5.41, 5.74) is -0.917. The van der Waals surface area contributed by atoms with Crippen LogP contribution in [0.25, 0.3) is 11.0 Å². The molecule has 4 rings (SSSR count). The minimum absolute atomic E-state index is 0.0248. The van der Waals surface area contributed by atoms with Crippen molar-refractivity contribution in [2.75, 3.05) is 13.1 Å². The summed E-state index contributed by atoms with van der Waals surface area (Å²) >= 11 is 0. The molecule has 0 spiro atoms. The fraction of sp³-hybridized carbons (Fsp3) is 0.423. The van der Waals surface area contributed by atoms with E-state index in [1.165, 1.54) is 41.6 Å². The first-order valence-corrected chi connectivity index (χ1v) is 13.8. The number of para-hydroxylation sites is 1. The van der Waals surface area contributed by atoms with E-state index in [0.717, 1.165) is 13.0 Å². The van der Waals surface area contributed by atoms with Crippen LogP contribution >= 0.6 is 0 Å². The predicted molar refractivity (Wildman–Crippen MR) is 133 cm³/mol. The van der Waals surface area contributed by atoms with E-state index in [-0.39, 0.29) is 53.9 Å². The smallest absolute Gasteiger partial charge is 0.387 e. The van der Waals surface area contributed by atoms with Gasteiger partial charge in [0.15, 0.2) is 9.84 Å². The Balaban J connectivity index is 1.54. The molecule has 1 aliphatic heterocycles. The van der Waals surface area contributed by atoms with Crippen LogP contribution in [0.4, 0.5) is 17.6 Å². The van der Waals surface area contributed by atoms with Gasteiger partial charge in [-0.1, -0.05) is 12.1 Å². The number of aromatic nitrogens is 2. The molecule has 8 nitrogen and oxygen atoms in total. The molecule has 1 amide bonds. The van der Waals surface area contributed by atoms with Crippen molar-refractivity contribution in [1.82, 2.24) is 14.9 Å². The van der Waals surface area contributed by atoms with Gasteiger partial charge < -0.3 is 14.7 Å². The van der Waals surface area contributed by atoms with Crippen LogP contribution in [-0.4, -0.2) is 65.5 Å². The summed E-state index contributed by atoms with van der Waals surface area (Å²) in [7, 11) is -3.99. The molecule has 13 heteroatoms. The number of carbonyl (C=O) groups is 1. The van der Waals surface area contributed by atoms with E-state index in [4.69, 9.17) is 0 Å². The molecule has 1 fully saturated rings. The number of aliphatic hydroxyl groups is 1. The molecular weight excluding hydrogens is 542 g/mol. The van der Waals surface area contributed by atoms with Crippen molar-refractivity contribution in [3.8, 4) is 5.75 Å². The van der Waals surface area contributed by atoms with Crippen molar-refractivity contribution in [2.45, 2.75) is 61.4 Å². The summed E-state index contributed by atoms with van der Waals surface area (Å²) < 4.78 is 83.9. The number of likely N-dealkylation sites (tertiary alicyclic amines) is 1. The van der Waals surface area contributed by atoms with Crippen LogP contribution in [0.5, 0.6) is 5.75 Å². The molecule has 0 atom stereocenters. The molecule has 1 aliphatic rings. The molecule has 0 bridgehead atoms. The standard InChI is InChI=1S/C26H27F4N3O5S/c1-25(29,30)7-8-26(35)9-13-33(14-10-26)23(34)18-6-5-17(15-20(18)38-24(27)28)16-39(36,37)21-4-2-3-19-22(21)32-12-11-31-19/h2-6,11-12,15,24,35H,7-10,13-14,16H2,1H3. The van der Waals surface area contributed by atoms with Gasteiger partial charge in [-0.3, -0.25) is 14.8 Å². The topological polar surface area (TPSA) is 110 Å². The van der Waals surface area contributed by atoms with E-state index in [1.807, 2.05) is 0 Å². The largest absolute Gasteiger partial charge is 0.434 e. The quantitative estimate of drug-likeness (QED) is 0.375. The Labute approximate surface area is 222 Å². The number of carbonyl (C=O) groups excluding carboxylic acids is 1. The lowest BCUT2D eigenvalue weighted by Gasteiger charge is -2.38. The number of alkyl halides is 4. The molecule has 0 unspecified atom stereocenters. The summed E-state index contributed by atoms with van der Waals surface area (Å²) in [6, 6.07) is 8.13. The Kier molecular flexibility index (Phi) is 8.12. The Morgan fingerprint density at radius 3 is 2.51 bits per heavy atom. The second-order valence-corrected chi connectivity index (χ2v) is 11.7. The highest BCUT2D eigenvalue weighted by Gasteiger charge is 2.37. The van der Waals surface area contributed by atoms with Gasteiger partial charge >= 0.3 is 6.61 Å². The minimum Gasteiger partial charge on any atom is -0.434 e. The third-order valence-electron chi connectivity index (χ3n) is 6.66. The second kappa shape index (κ2) is 11.0. The predicted octanol–water partition coefficient (Wildman–Crippen LogP) is 4.61. The van der Waals surface area contributed by atoms with Crippen LogP contribution in [0.15, 0.2) is 53.7 Å². The zero-order chi connectivity index (χ0) is 28.4. The maximum absolute atomic E-state index is 13.2. The third kappa shape index (κ3) is 7.01. The first-order chi connectivity index (χ1) is 18.3. The van der Waals surface area contributed by atoms with Gasteiger partial charge in [-0.25, -0.2) is 17.2 Å². The number of ether oxygens (including phenoxy) is 1. The molecule has 1 N–H and O–H groups in total. The summed E-state index contributed by atoms with van der Waals surface area (Å²) in [6.07, 6.45) is 2.24. The van der Waals surface area contributed by atoms with Gasteiger partial charge in [0.1, 0.15) is 11.3 Å². The highest BCUT2D eigenvalue weighted by atomic mass is 32.2. The Bertz CT molecular complexity index is 1450. The van der Waals surface area contributed by atoms with Crippen molar-refractivity contribution in [3.63, 3.8) is 0 Å². The van der Waals surface area contributed by atoms with Gasteiger partial charge in [-0.05, 0) is 56.0 Å². The van der Waals surface area contributed by atoms with Crippen LogP contribution in [0.1, 0.15) is 48.5 Å². The second-order valence-electron chi connectivity index (χ2n) is 9.74. The number of halogens is 4. The molecule has 1 saturated heterocycles. The molecule has 3 aromatic rings. The zero-order valence-corrected chi connectivity index (χ0v) is 21.8. The number of benzene rings is 2. The fourth-order valence-corrected chi connectivity index (χ4v) is 6.05. The van der Waals surface area contributed by atoms with Crippen molar-refractivity contribution in [3.05, 3.63) is 59.9 Å². The van der Waals surface area contributed by atoms with Crippen LogP contribution in [-0.2, 0) is 15.6 Å². The Morgan fingerprint density at radius 2 is 1.85 bits per heavy atom. The highest BCUT2D eigenvalue weighted by Crippen LogP contribution is 2.33. The molecule has 0 radical (unpaired) electrons. The number of rotatable bonds is 9. The number of fused-ring (bicyclic) bond motifs is 1. The lowest BCUT2D eigenvalue weighted by molar-refractivity contribution is -0.0577. The van der Waals surface area contributed by atoms with Gasteiger partial charge in [0.05, 0.1) is 27.3 Å². The molecule has 0 saturated carbocycles. The van der Waals surface area contributed by atoms with Crippen LogP contribution in [0.2, 0.25) is 0 Å². The summed E-state index contributed by atoms with van der Waals surface area (Å²) in [6.45, 7) is -2.46.